The van der Waals surface area contributed by atoms with Gasteiger partial charge in [-0.25, -0.2) is 8.42 Å². The summed E-state index contributed by atoms with van der Waals surface area (Å²) in [5.41, 5.74) is 7.61. The zero-order valence-corrected chi connectivity index (χ0v) is 9.55. The van der Waals surface area contributed by atoms with Crippen LogP contribution >= 0.6 is 0 Å². The molecule has 0 aromatic heterocycles. The second-order valence-corrected chi connectivity index (χ2v) is 6.40. The topological polar surface area (TPSA) is 60.2 Å². The van der Waals surface area contributed by atoms with Crippen molar-refractivity contribution in [2.45, 2.75) is 12.3 Å². The van der Waals surface area contributed by atoms with E-state index in [0.717, 1.165) is 11.1 Å². The third kappa shape index (κ3) is 1.68. The van der Waals surface area contributed by atoms with Gasteiger partial charge in [-0.05, 0) is 18.1 Å². The van der Waals surface area contributed by atoms with E-state index in [9.17, 15) is 8.42 Å². The molecule has 1 aliphatic rings. The summed E-state index contributed by atoms with van der Waals surface area (Å²) in [5, 5.41) is 0. The highest BCUT2D eigenvalue weighted by Crippen LogP contribution is 2.37. The summed E-state index contributed by atoms with van der Waals surface area (Å²) in [4.78, 5) is 0. The van der Waals surface area contributed by atoms with E-state index in [-0.39, 0.29) is 16.9 Å². The molecule has 2 rings (SSSR count). The monoisotopic (exact) mass is 225 g/mol. The molecule has 4 heteroatoms. The number of sulfone groups is 1. The van der Waals surface area contributed by atoms with Crippen molar-refractivity contribution in [2.24, 2.45) is 5.73 Å². The van der Waals surface area contributed by atoms with Crippen LogP contribution in [-0.2, 0) is 15.3 Å². The number of rotatable bonds is 2. The lowest BCUT2D eigenvalue weighted by Gasteiger charge is -2.41. The smallest absolute Gasteiger partial charge is 0.152 e. The number of hydrogen-bond acceptors (Lipinski definition) is 3. The Bertz CT molecular complexity index is 467. The van der Waals surface area contributed by atoms with E-state index in [0.29, 0.717) is 6.54 Å². The first kappa shape index (κ1) is 10.6. The van der Waals surface area contributed by atoms with Crippen LogP contribution in [0.2, 0.25) is 0 Å². The van der Waals surface area contributed by atoms with Gasteiger partial charge in [0.2, 0.25) is 0 Å². The molecule has 0 saturated carbocycles. The summed E-state index contributed by atoms with van der Waals surface area (Å²) in [5.74, 6) is 0.392. The molecule has 0 radical (unpaired) electrons. The molecule has 0 unspecified atom stereocenters. The quantitative estimate of drug-likeness (QED) is 0.802. The van der Waals surface area contributed by atoms with Crippen molar-refractivity contribution in [2.75, 3.05) is 18.1 Å². The van der Waals surface area contributed by atoms with E-state index >= 15 is 0 Å². The standard InChI is InChI=1S/C11H15NO2S/c1-9-4-2-3-5-10(9)11(6-12)7-15(13,14)8-11/h2-5H,6-8,12H2,1H3. The molecular weight excluding hydrogens is 210 g/mol. The summed E-state index contributed by atoms with van der Waals surface area (Å²) in [6.45, 7) is 2.40. The molecule has 1 aliphatic heterocycles. The minimum absolute atomic E-state index is 0.196. The molecule has 3 nitrogen and oxygen atoms in total. The first-order chi connectivity index (χ1) is 6.99. The molecule has 0 bridgehead atoms. The van der Waals surface area contributed by atoms with Crippen molar-refractivity contribution in [1.29, 1.82) is 0 Å². The average molecular weight is 225 g/mol. The van der Waals surface area contributed by atoms with E-state index in [4.69, 9.17) is 5.73 Å². The van der Waals surface area contributed by atoms with Gasteiger partial charge in [-0.1, -0.05) is 24.3 Å². The van der Waals surface area contributed by atoms with Gasteiger partial charge >= 0.3 is 0 Å². The highest BCUT2D eigenvalue weighted by molar-refractivity contribution is 7.93. The Hall–Kier alpha value is -0.870. The summed E-state index contributed by atoms with van der Waals surface area (Å²) in [7, 11) is -2.85. The molecule has 2 N–H and O–H groups in total. The fourth-order valence-corrected chi connectivity index (χ4v) is 4.50. The molecule has 0 spiro atoms. The van der Waals surface area contributed by atoms with Crippen LogP contribution in [0.5, 0.6) is 0 Å². The summed E-state index contributed by atoms with van der Waals surface area (Å²) in [6, 6.07) is 7.87. The van der Waals surface area contributed by atoms with Crippen LogP contribution in [0.3, 0.4) is 0 Å². The molecular formula is C11H15NO2S. The summed E-state index contributed by atoms with van der Waals surface area (Å²) < 4.78 is 22.6. The molecule has 1 heterocycles. The van der Waals surface area contributed by atoms with Gasteiger partial charge in [0, 0.05) is 12.0 Å². The molecule has 0 atom stereocenters. The normalized spacial score (nSPS) is 22.0. The Morgan fingerprint density at radius 2 is 1.93 bits per heavy atom. The highest BCUT2D eigenvalue weighted by Gasteiger charge is 2.49. The van der Waals surface area contributed by atoms with Gasteiger partial charge in [-0.15, -0.1) is 0 Å². The van der Waals surface area contributed by atoms with Gasteiger partial charge in [0.25, 0.3) is 0 Å². The Balaban J connectivity index is 2.42. The van der Waals surface area contributed by atoms with Crippen LogP contribution in [0.15, 0.2) is 24.3 Å². The Morgan fingerprint density at radius 3 is 2.40 bits per heavy atom. The third-order valence-electron chi connectivity index (χ3n) is 3.10. The lowest BCUT2D eigenvalue weighted by atomic mass is 9.81. The molecule has 1 aromatic carbocycles. The van der Waals surface area contributed by atoms with Gasteiger partial charge in [0.1, 0.15) is 0 Å². The van der Waals surface area contributed by atoms with Gasteiger partial charge in [0.05, 0.1) is 11.5 Å². The van der Waals surface area contributed by atoms with Crippen LogP contribution < -0.4 is 5.73 Å². The van der Waals surface area contributed by atoms with Crippen molar-refractivity contribution >= 4 is 9.84 Å². The fraction of sp³-hybridized carbons (Fsp3) is 0.455. The van der Waals surface area contributed by atoms with Crippen LogP contribution in [0.4, 0.5) is 0 Å². The largest absolute Gasteiger partial charge is 0.330 e. The minimum Gasteiger partial charge on any atom is -0.330 e. The Morgan fingerprint density at radius 1 is 1.33 bits per heavy atom. The van der Waals surface area contributed by atoms with E-state index in [2.05, 4.69) is 0 Å². The Kier molecular flexibility index (Phi) is 2.35. The number of aryl methyl sites for hydroxylation is 1. The fourth-order valence-electron chi connectivity index (χ4n) is 2.35. The van der Waals surface area contributed by atoms with E-state index in [1.807, 2.05) is 31.2 Å². The van der Waals surface area contributed by atoms with Crippen molar-refractivity contribution in [1.82, 2.24) is 0 Å². The SMILES string of the molecule is Cc1ccccc1C1(CN)CS(=O)(=O)C1. The molecule has 1 aromatic rings. The molecule has 0 amide bonds. The van der Waals surface area contributed by atoms with Gasteiger partial charge in [-0.3, -0.25) is 0 Å². The molecule has 0 aliphatic carbocycles. The van der Waals surface area contributed by atoms with Crippen molar-refractivity contribution in [3.05, 3.63) is 35.4 Å². The molecule has 1 saturated heterocycles. The van der Waals surface area contributed by atoms with Crippen molar-refractivity contribution in [3.8, 4) is 0 Å². The zero-order chi connectivity index (χ0) is 11.1. The predicted molar refractivity (Wildman–Crippen MR) is 60.6 cm³/mol. The van der Waals surface area contributed by atoms with Crippen LogP contribution in [-0.4, -0.2) is 26.5 Å². The van der Waals surface area contributed by atoms with E-state index in [1.54, 1.807) is 0 Å². The van der Waals surface area contributed by atoms with E-state index in [1.165, 1.54) is 0 Å². The Labute approximate surface area is 90.2 Å². The predicted octanol–water partition coefficient (Wildman–Crippen LogP) is 0.620. The first-order valence-electron chi connectivity index (χ1n) is 4.96. The minimum atomic E-state index is -2.85. The highest BCUT2D eigenvalue weighted by atomic mass is 32.2. The average Bonchev–Trinajstić information content (AvgIpc) is 2.14. The second kappa shape index (κ2) is 3.32. The number of nitrogens with two attached hydrogens (primary N) is 1. The van der Waals surface area contributed by atoms with Crippen LogP contribution in [0.1, 0.15) is 11.1 Å². The molecule has 82 valence electrons. The van der Waals surface area contributed by atoms with Gasteiger partial charge in [-0.2, -0.15) is 0 Å². The zero-order valence-electron chi connectivity index (χ0n) is 8.73. The second-order valence-electron chi connectivity index (χ2n) is 4.33. The summed E-state index contributed by atoms with van der Waals surface area (Å²) in [6.07, 6.45) is 0. The van der Waals surface area contributed by atoms with Gasteiger partial charge < -0.3 is 5.73 Å². The van der Waals surface area contributed by atoms with Crippen LogP contribution in [0.25, 0.3) is 0 Å². The maximum absolute atomic E-state index is 11.3. The van der Waals surface area contributed by atoms with Gasteiger partial charge in [0.15, 0.2) is 9.84 Å². The summed E-state index contributed by atoms with van der Waals surface area (Å²) >= 11 is 0. The lowest BCUT2D eigenvalue weighted by molar-refractivity contribution is 0.463. The maximum atomic E-state index is 11.3. The number of hydrogen-bond donors (Lipinski definition) is 1. The van der Waals surface area contributed by atoms with E-state index < -0.39 is 9.84 Å². The van der Waals surface area contributed by atoms with Crippen molar-refractivity contribution in [3.63, 3.8) is 0 Å². The lowest BCUT2D eigenvalue weighted by Crippen LogP contribution is -2.56. The number of benzene rings is 1. The van der Waals surface area contributed by atoms with Crippen LogP contribution in [0, 0.1) is 6.92 Å². The molecule has 1 fully saturated rings. The third-order valence-corrected chi connectivity index (χ3v) is 5.08. The molecule has 15 heavy (non-hydrogen) atoms. The first-order valence-corrected chi connectivity index (χ1v) is 6.78. The maximum Gasteiger partial charge on any atom is 0.152 e. The van der Waals surface area contributed by atoms with Crippen molar-refractivity contribution < 1.29 is 8.42 Å².